The summed E-state index contributed by atoms with van der Waals surface area (Å²) in [5.41, 5.74) is 1.35. The van der Waals surface area contributed by atoms with Gasteiger partial charge in [-0.25, -0.2) is 4.98 Å². The van der Waals surface area contributed by atoms with Gasteiger partial charge in [0.2, 0.25) is 5.89 Å². The van der Waals surface area contributed by atoms with Gasteiger partial charge in [-0.3, -0.25) is 9.89 Å². The Morgan fingerprint density at radius 1 is 1.28 bits per heavy atom. The summed E-state index contributed by atoms with van der Waals surface area (Å²) in [6, 6.07) is 11.7. The number of benzene rings is 1. The van der Waals surface area contributed by atoms with E-state index in [0.717, 1.165) is 37.7 Å². The molecular formula is C23H35N5O. The van der Waals surface area contributed by atoms with Gasteiger partial charge in [-0.1, -0.05) is 51.1 Å². The monoisotopic (exact) mass is 397 g/mol. The first kappa shape index (κ1) is 21.4. The lowest BCUT2D eigenvalue weighted by Gasteiger charge is -2.38. The second kappa shape index (κ2) is 9.44. The minimum absolute atomic E-state index is 0.0327. The molecule has 1 saturated heterocycles. The van der Waals surface area contributed by atoms with E-state index >= 15 is 0 Å². The van der Waals surface area contributed by atoms with Gasteiger partial charge in [0.1, 0.15) is 5.76 Å². The lowest BCUT2D eigenvalue weighted by molar-refractivity contribution is 0.134. The number of rotatable bonds is 5. The Balaban J connectivity index is 1.47. The number of oxazole rings is 1. The van der Waals surface area contributed by atoms with E-state index in [1.54, 1.807) is 7.05 Å². The summed E-state index contributed by atoms with van der Waals surface area (Å²) in [5.74, 6) is 2.38. The van der Waals surface area contributed by atoms with Gasteiger partial charge < -0.3 is 15.1 Å². The Labute approximate surface area is 174 Å². The second-order valence-electron chi connectivity index (χ2n) is 8.96. The number of aliphatic imine (C=N–C) groups is 1. The van der Waals surface area contributed by atoms with Crippen LogP contribution in [0.2, 0.25) is 0 Å². The van der Waals surface area contributed by atoms with Gasteiger partial charge in [-0.05, 0) is 25.3 Å². The standard InChI is InChI=1S/C23H35N5O/c1-17-13-19(11-12-28(17)16-18-9-7-6-8-10-18)27-22(24-5)26-15-21-25-14-20(29-21)23(2,3)4/h6-10,14,17,19H,11-13,15-16H2,1-5H3,(H2,24,26,27). The number of aromatic nitrogens is 1. The summed E-state index contributed by atoms with van der Waals surface area (Å²) in [5, 5.41) is 6.90. The van der Waals surface area contributed by atoms with Gasteiger partial charge in [0.25, 0.3) is 0 Å². The first-order valence-electron chi connectivity index (χ1n) is 10.6. The first-order valence-corrected chi connectivity index (χ1v) is 10.6. The van der Waals surface area contributed by atoms with Crippen LogP contribution in [0.15, 0.2) is 45.9 Å². The zero-order valence-electron chi connectivity index (χ0n) is 18.4. The SMILES string of the molecule is CN=C(NCc1ncc(C(C)(C)C)o1)NC1CCN(Cc2ccccc2)C(C)C1. The maximum atomic E-state index is 5.86. The number of nitrogens with zero attached hydrogens (tertiary/aromatic N) is 3. The summed E-state index contributed by atoms with van der Waals surface area (Å²) in [6.45, 7) is 11.3. The molecule has 1 aromatic heterocycles. The molecule has 2 heterocycles. The molecule has 0 spiro atoms. The zero-order chi connectivity index (χ0) is 20.9. The van der Waals surface area contributed by atoms with E-state index in [1.807, 2.05) is 6.20 Å². The fourth-order valence-electron chi connectivity index (χ4n) is 3.69. The molecule has 29 heavy (non-hydrogen) atoms. The van der Waals surface area contributed by atoms with E-state index in [0.29, 0.717) is 24.5 Å². The number of hydrogen-bond acceptors (Lipinski definition) is 4. The fourth-order valence-corrected chi connectivity index (χ4v) is 3.69. The van der Waals surface area contributed by atoms with Crippen LogP contribution >= 0.6 is 0 Å². The van der Waals surface area contributed by atoms with Crippen LogP contribution in [0.5, 0.6) is 0 Å². The summed E-state index contributed by atoms with van der Waals surface area (Å²) in [7, 11) is 1.81. The highest BCUT2D eigenvalue weighted by Crippen LogP contribution is 2.23. The predicted molar refractivity (Wildman–Crippen MR) is 118 cm³/mol. The van der Waals surface area contributed by atoms with Crippen molar-refractivity contribution in [3.63, 3.8) is 0 Å². The fraction of sp³-hybridized carbons (Fsp3) is 0.565. The molecule has 2 atom stereocenters. The lowest BCUT2D eigenvalue weighted by Crippen LogP contribution is -2.51. The van der Waals surface area contributed by atoms with Crippen LogP contribution in [0, 0.1) is 0 Å². The quantitative estimate of drug-likeness (QED) is 0.595. The van der Waals surface area contributed by atoms with Gasteiger partial charge in [0, 0.05) is 37.6 Å². The Morgan fingerprint density at radius 3 is 2.66 bits per heavy atom. The van der Waals surface area contributed by atoms with Gasteiger partial charge in [0.15, 0.2) is 5.96 Å². The molecule has 1 aromatic carbocycles. The molecule has 0 radical (unpaired) electrons. The maximum absolute atomic E-state index is 5.86. The van der Waals surface area contributed by atoms with Crippen LogP contribution in [0.1, 0.15) is 57.8 Å². The molecule has 0 bridgehead atoms. The number of likely N-dealkylation sites (tertiary alicyclic amines) is 1. The highest BCUT2D eigenvalue weighted by atomic mass is 16.4. The zero-order valence-corrected chi connectivity index (χ0v) is 18.4. The minimum atomic E-state index is -0.0327. The highest BCUT2D eigenvalue weighted by molar-refractivity contribution is 5.79. The third kappa shape index (κ3) is 6.07. The van der Waals surface area contributed by atoms with Crippen molar-refractivity contribution in [3.8, 4) is 0 Å². The minimum Gasteiger partial charge on any atom is -0.443 e. The molecule has 1 aliphatic heterocycles. The molecular weight excluding hydrogens is 362 g/mol. The third-order valence-electron chi connectivity index (χ3n) is 5.51. The molecule has 1 fully saturated rings. The first-order chi connectivity index (χ1) is 13.8. The molecule has 6 nitrogen and oxygen atoms in total. The molecule has 158 valence electrons. The van der Waals surface area contributed by atoms with Gasteiger partial charge in [-0.2, -0.15) is 0 Å². The molecule has 2 N–H and O–H groups in total. The molecule has 1 aliphatic rings. The summed E-state index contributed by atoms with van der Waals surface area (Å²) in [6.07, 6.45) is 4.02. The van der Waals surface area contributed by atoms with Crippen LogP contribution in [0.25, 0.3) is 0 Å². The van der Waals surface area contributed by atoms with Crippen LogP contribution in [-0.4, -0.2) is 41.5 Å². The van der Waals surface area contributed by atoms with Crippen molar-refractivity contribution >= 4 is 5.96 Å². The van der Waals surface area contributed by atoms with Crippen LogP contribution < -0.4 is 10.6 Å². The van der Waals surface area contributed by atoms with Gasteiger partial charge in [-0.15, -0.1) is 0 Å². The van der Waals surface area contributed by atoms with Crippen molar-refractivity contribution in [2.24, 2.45) is 4.99 Å². The average molecular weight is 398 g/mol. The molecule has 6 heteroatoms. The Kier molecular flexibility index (Phi) is 6.96. The van der Waals surface area contributed by atoms with Crippen LogP contribution in [-0.2, 0) is 18.5 Å². The Bertz CT molecular complexity index is 793. The van der Waals surface area contributed by atoms with E-state index in [-0.39, 0.29) is 5.41 Å². The van der Waals surface area contributed by atoms with Crippen molar-refractivity contribution in [2.75, 3.05) is 13.6 Å². The van der Waals surface area contributed by atoms with E-state index in [2.05, 4.69) is 83.5 Å². The smallest absolute Gasteiger partial charge is 0.213 e. The molecule has 0 amide bonds. The van der Waals surface area contributed by atoms with E-state index < -0.39 is 0 Å². The topological polar surface area (TPSA) is 65.7 Å². The Morgan fingerprint density at radius 2 is 2.03 bits per heavy atom. The number of guanidine groups is 1. The van der Waals surface area contributed by atoms with Crippen molar-refractivity contribution in [3.05, 3.63) is 53.7 Å². The van der Waals surface area contributed by atoms with Crippen LogP contribution in [0.4, 0.5) is 0 Å². The number of hydrogen-bond donors (Lipinski definition) is 2. The average Bonchev–Trinajstić information content (AvgIpc) is 3.17. The van der Waals surface area contributed by atoms with Crippen molar-refractivity contribution in [1.29, 1.82) is 0 Å². The molecule has 2 unspecified atom stereocenters. The second-order valence-corrected chi connectivity index (χ2v) is 8.96. The highest BCUT2D eigenvalue weighted by Gasteiger charge is 2.26. The summed E-state index contributed by atoms with van der Waals surface area (Å²) < 4.78 is 5.86. The van der Waals surface area contributed by atoms with Gasteiger partial charge >= 0.3 is 0 Å². The van der Waals surface area contributed by atoms with E-state index in [1.165, 1.54) is 5.56 Å². The predicted octanol–water partition coefficient (Wildman–Crippen LogP) is 3.69. The van der Waals surface area contributed by atoms with Crippen LogP contribution in [0.3, 0.4) is 0 Å². The number of piperidine rings is 1. The number of nitrogens with one attached hydrogen (secondary N) is 2. The molecule has 3 rings (SSSR count). The summed E-state index contributed by atoms with van der Waals surface area (Å²) >= 11 is 0. The maximum Gasteiger partial charge on any atom is 0.213 e. The summed E-state index contributed by atoms with van der Waals surface area (Å²) in [4.78, 5) is 11.3. The third-order valence-corrected chi connectivity index (χ3v) is 5.51. The Hall–Kier alpha value is -2.34. The lowest BCUT2D eigenvalue weighted by atomic mass is 9.94. The van der Waals surface area contributed by atoms with Crippen molar-refractivity contribution in [2.45, 2.75) is 71.1 Å². The van der Waals surface area contributed by atoms with Gasteiger partial charge in [0.05, 0.1) is 12.7 Å². The van der Waals surface area contributed by atoms with Crippen molar-refractivity contribution < 1.29 is 4.42 Å². The molecule has 0 saturated carbocycles. The van der Waals surface area contributed by atoms with E-state index in [9.17, 15) is 0 Å². The van der Waals surface area contributed by atoms with Crippen molar-refractivity contribution in [1.82, 2.24) is 20.5 Å². The normalized spacial score (nSPS) is 21.2. The van der Waals surface area contributed by atoms with E-state index in [4.69, 9.17) is 4.42 Å². The molecule has 0 aliphatic carbocycles. The molecule has 2 aromatic rings. The largest absolute Gasteiger partial charge is 0.443 e.